The van der Waals surface area contributed by atoms with Gasteiger partial charge in [0.2, 0.25) is 11.8 Å². The maximum atomic E-state index is 12.6. The van der Waals surface area contributed by atoms with Crippen molar-refractivity contribution in [1.82, 2.24) is 9.80 Å². The third kappa shape index (κ3) is 3.70. The molecule has 0 aromatic carbocycles. The van der Waals surface area contributed by atoms with Crippen LogP contribution in [-0.2, 0) is 14.4 Å². The Labute approximate surface area is 128 Å². The molecule has 2 amide bonds. The second-order valence-corrected chi connectivity index (χ2v) is 6.57. The molecular formula is C14H22N2O4S. The minimum atomic E-state index is -0.779. The molecule has 0 bridgehead atoms. The van der Waals surface area contributed by atoms with Gasteiger partial charge in [0.05, 0.1) is 11.8 Å². The quantitative estimate of drug-likeness (QED) is 0.838. The highest BCUT2D eigenvalue weighted by Gasteiger charge is 2.38. The Morgan fingerprint density at radius 3 is 2.48 bits per heavy atom. The molecule has 7 heteroatoms. The Bertz CT molecular complexity index is 421. The van der Waals surface area contributed by atoms with Gasteiger partial charge in [0.1, 0.15) is 6.04 Å². The molecule has 2 heterocycles. The number of carboxylic acid groups (broad SMARTS) is 1. The highest BCUT2D eigenvalue weighted by Crippen LogP contribution is 2.25. The average Bonchev–Trinajstić information content (AvgIpc) is 2.96. The van der Waals surface area contributed by atoms with Gasteiger partial charge in [-0.15, -0.1) is 11.8 Å². The number of piperidine rings is 1. The van der Waals surface area contributed by atoms with Crippen LogP contribution in [0.4, 0.5) is 0 Å². The summed E-state index contributed by atoms with van der Waals surface area (Å²) in [5.74, 6) is 0.131. The minimum Gasteiger partial charge on any atom is -0.481 e. The first kappa shape index (κ1) is 16.1. The fraction of sp³-hybridized carbons (Fsp3) is 0.786. The molecular weight excluding hydrogens is 292 g/mol. The molecule has 2 rings (SSSR count). The first-order valence-corrected chi connectivity index (χ1v) is 8.58. The molecule has 0 radical (unpaired) electrons. The molecule has 2 fully saturated rings. The van der Waals surface area contributed by atoms with Gasteiger partial charge in [0, 0.05) is 25.3 Å². The molecule has 118 valence electrons. The number of aliphatic carboxylic acids is 1. The number of hydrogen-bond donors (Lipinski definition) is 1. The van der Waals surface area contributed by atoms with Crippen LogP contribution in [0, 0.1) is 5.92 Å². The summed E-state index contributed by atoms with van der Waals surface area (Å²) in [6, 6.07) is -0.365. The minimum absolute atomic E-state index is 0.0201. The molecule has 1 unspecified atom stereocenters. The fourth-order valence-electron chi connectivity index (χ4n) is 2.81. The van der Waals surface area contributed by atoms with Crippen LogP contribution in [-0.4, -0.2) is 63.5 Å². The van der Waals surface area contributed by atoms with Crippen molar-refractivity contribution in [3.63, 3.8) is 0 Å². The Hall–Kier alpha value is -1.24. The van der Waals surface area contributed by atoms with Gasteiger partial charge in [-0.3, -0.25) is 14.4 Å². The first-order valence-electron chi connectivity index (χ1n) is 7.43. The van der Waals surface area contributed by atoms with E-state index in [9.17, 15) is 14.4 Å². The fourth-order valence-corrected chi connectivity index (χ4v) is 3.98. The third-order valence-corrected chi connectivity index (χ3v) is 5.12. The maximum absolute atomic E-state index is 12.6. The molecule has 2 saturated heterocycles. The van der Waals surface area contributed by atoms with E-state index in [-0.39, 0.29) is 23.8 Å². The van der Waals surface area contributed by atoms with E-state index in [1.54, 1.807) is 21.6 Å². The van der Waals surface area contributed by atoms with Crippen LogP contribution >= 0.6 is 11.8 Å². The van der Waals surface area contributed by atoms with Crippen LogP contribution in [0.2, 0.25) is 0 Å². The number of carbonyl (C=O) groups is 3. The largest absolute Gasteiger partial charge is 0.481 e. The molecule has 1 N–H and O–H groups in total. The van der Waals surface area contributed by atoms with Crippen molar-refractivity contribution in [1.29, 1.82) is 0 Å². The average molecular weight is 314 g/mol. The monoisotopic (exact) mass is 314 g/mol. The lowest BCUT2D eigenvalue weighted by Crippen LogP contribution is -2.51. The van der Waals surface area contributed by atoms with Crippen molar-refractivity contribution in [2.24, 2.45) is 5.92 Å². The van der Waals surface area contributed by atoms with E-state index in [2.05, 4.69) is 0 Å². The van der Waals surface area contributed by atoms with Gasteiger partial charge in [-0.05, 0) is 19.3 Å². The number of hydrogen-bond acceptors (Lipinski definition) is 4. The van der Waals surface area contributed by atoms with E-state index in [4.69, 9.17) is 5.11 Å². The van der Waals surface area contributed by atoms with Gasteiger partial charge in [-0.2, -0.15) is 0 Å². The van der Waals surface area contributed by atoms with Crippen molar-refractivity contribution in [3.05, 3.63) is 0 Å². The predicted molar refractivity (Wildman–Crippen MR) is 79.8 cm³/mol. The molecule has 0 aromatic rings. The SMILES string of the molecule is CCCC(=O)N1CSCC1C(=O)N1CCC(C(=O)O)CC1. The summed E-state index contributed by atoms with van der Waals surface area (Å²) >= 11 is 1.61. The van der Waals surface area contributed by atoms with Gasteiger partial charge in [-0.25, -0.2) is 0 Å². The number of likely N-dealkylation sites (tertiary alicyclic amines) is 1. The van der Waals surface area contributed by atoms with Crippen molar-refractivity contribution >= 4 is 29.5 Å². The van der Waals surface area contributed by atoms with E-state index >= 15 is 0 Å². The lowest BCUT2D eigenvalue weighted by molar-refractivity contribution is -0.148. The number of carboxylic acids is 1. The maximum Gasteiger partial charge on any atom is 0.306 e. The van der Waals surface area contributed by atoms with Crippen LogP contribution in [0.5, 0.6) is 0 Å². The van der Waals surface area contributed by atoms with Crippen molar-refractivity contribution < 1.29 is 19.5 Å². The molecule has 1 atom stereocenters. The van der Waals surface area contributed by atoms with Crippen LogP contribution in [0.1, 0.15) is 32.6 Å². The summed E-state index contributed by atoms with van der Waals surface area (Å²) in [6.45, 7) is 2.91. The topological polar surface area (TPSA) is 77.9 Å². The second-order valence-electron chi connectivity index (χ2n) is 5.57. The summed E-state index contributed by atoms with van der Waals surface area (Å²) < 4.78 is 0. The molecule has 2 aliphatic heterocycles. The Morgan fingerprint density at radius 1 is 1.24 bits per heavy atom. The Kier molecular flexibility index (Phi) is 5.50. The molecule has 0 spiro atoms. The smallest absolute Gasteiger partial charge is 0.306 e. The lowest BCUT2D eigenvalue weighted by Gasteiger charge is -2.34. The van der Waals surface area contributed by atoms with Crippen LogP contribution in [0.3, 0.4) is 0 Å². The predicted octanol–water partition coefficient (Wildman–Crippen LogP) is 1.01. The van der Waals surface area contributed by atoms with E-state index in [1.165, 1.54) is 0 Å². The standard InChI is InChI=1S/C14H22N2O4S/c1-2-3-12(17)16-9-21-8-11(16)13(18)15-6-4-10(5-7-15)14(19)20/h10-11H,2-9H2,1H3,(H,19,20). The summed E-state index contributed by atoms with van der Waals surface area (Å²) in [4.78, 5) is 39.0. The molecule has 21 heavy (non-hydrogen) atoms. The zero-order valence-electron chi connectivity index (χ0n) is 12.3. The summed E-state index contributed by atoms with van der Waals surface area (Å²) in [6.07, 6.45) is 2.27. The third-order valence-electron chi connectivity index (χ3n) is 4.11. The molecule has 0 aliphatic carbocycles. The van der Waals surface area contributed by atoms with Crippen LogP contribution in [0.25, 0.3) is 0 Å². The summed E-state index contributed by atoms with van der Waals surface area (Å²) in [7, 11) is 0. The number of carbonyl (C=O) groups excluding carboxylic acids is 2. The van der Waals surface area contributed by atoms with Crippen LogP contribution in [0.15, 0.2) is 0 Å². The van der Waals surface area contributed by atoms with E-state index in [0.717, 1.165) is 6.42 Å². The van der Waals surface area contributed by atoms with Gasteiger partial charge in [0.25, 0.3) is 0 Å². The molecule has 0 saturated carbocycles. The number of amides is 2. The van der Waals surface area contributed by atoms with Gasteiger partial charge >= 0.3 is 5.97 Å². The molecule has 0 aromatic heterocycles. The number of rotatable bonds is 4. The van der Waals surface area contributed by atoms with Crippen LogP contribution < -0.4 is 0 Å². The Morgan fingerprint density at radius 2 is 1.90 bits per heavy atom. The normalized spacial score (nSPS) is 23.4. The van der Waals surface area contributed by atoms with E-state index in [1.807, 2.05) is 6.92 Å². The number of nitrogens with zero attached hydrogens (tertiary/aromatic N) is 2. The van der Waals surface area contributed by atoms with E-state index < -0.39 is 5.97 Å². The van der Waals surface area contributed by atoms with Gasteiger partial charge < -0.3 is 14.9 Å². The second kappa shape index (κ2) is 7.15. The van der Waals surface area contributed by atoms with Gasteiger partial charge in [0.15, 0.2) is 0 Å². The molecule has 2 aliphatic rings. The zero-order valence-corrected chi connectivity index (χ0v) is 13.1. The summed E-state index contributed by atoms with van der Waals surface area (Å²) in [5, 5.41) is 8.99. The zero-order chi connectivity index (χ0) is 15.4. The van der Waals surface area contributed by atoms with Crippen molar-refractivity contribution in [2.45, 2.75) is 38.6 Å². The highest BCUT2D eigenvalue weighted by atomic mass is 32.2. The highest BCUT2D eigenvalue weighted by molar-refractivity contribution is 7.99. The number of thioether (sulfide) groups is 1. The lowest BCUT2D eigenvalue weighted by atomic mass is 9.96. The Balaban J connectivity index is 1.93. The van der Waals surface area contributed by atoms with Gasteiger partial charge in [-0.1, -0.05) is 6.92 Å². The van der Waals surface area contributed by atoms with E-state index in [0.29, 0.717) is 44.0 Å². The molecule has 6 nitrogen and oxygen atoms in total. The summed E-state index contributed by atoms with van der Waals surface area (Å²) in [5.41, 5.74) is 0. The van der Waals surface area contributed by atoms with Crippen molar-refractivity contribution in [3.8, 4) is 0 Å². The van der Waals surface area contributed by atoms with Crippen molar-refractivity contribution in [2.75, 3.05) is 24.7 Å². The first-order chi connectivity index (χ1) is 10.0.